The summed E-state index contributed by atoms with van der Waals surface area (Å²) in [5.41, 5.74) is 6.84. The summed E-state index contributed by atoms with van der Waals surface area (Å²) < 4.78 is 4.93. The molecule has 0 heterocycles. The van der Waals surface area contributed by atoms with E-state index in [9.17, 15) is 10.1 Å². The van der Waals surface area contributed by atoms with E-state index in [0.29, 0.717) is 5.69 Å². The zero-order valence-corrected chi connectivity index (χ0v) is 9.81. The Hall–Kier alpha value is -1.82. The predicted molar refractivity (Wildman–Crippen MR) is 67.1 cm³/mol. The Bertz CT molecular complexity index is 382. The number of ether oxygens (including phenoxy) is 1. The molecule has 0 unspecified atom stereocenters. The molecule has 1 rings (SSSR count). The Kier molecular flexibility index (Phi) is 5.22. The lowest BCUT2D eigenvalue weighted by Gasteiger charge is -2.08. The van der Waals surface area contributed by atoms with Crippen molar-refractivity contribution in [3.8, 4) is 0 Å². The number of hydrogen-bond donors (Lipinski definition) is 2. The van der Waals surface area contributed by atoms with Crippen molar-refractivity contribution >= 4 is 17.1 Å². The van der Waals surface area contributed by atoms with Crippen molar-refractivity contribution in [2.24, 2.45) is 0 Å². The van der Waals surface area contributed by atoms with Crippen molar-refractivity contribution in [1.29, 1.82) is 0 Å². The lowest BCUT2D eigenvalue weighted by atomic mass is 10.2. The third-order valence-corrected chi connectivity index (χ3v) is 2.34. The average molecular weight is 239 g/mol. The number of anilines is 2. The van der Waals surface area contributed by atoms with Gasteiger partial charge in [0, 0.05) is 32.4 Å². The van der Waals surface area contributed by atoms with Crippen LogP contribution in [0.15, 0.2) is 18.2 Å². The number of nitro groups is 1. The van der Waals surface area contributed by atoms with Crippen LogP contribution in [0.1, 0.15) is 12.8 Å². The molecule has 0 spiro atoms. The van der Waals surface area contributed by atoms with Crippen LogP contribution >= 0.6 is 0 Å². The van der Waals surface area contributed by atoms with Crippen molar-refractivity contribution in [2.75, 3.05) is 31.3 Å². The minimum absolute atomic E-state index is 0.00688. The number of non-ortho nitro benzene ring substituents is 1. The molecule has 6 nitrogen and oxygen atoms in total. The molecule has 1 aromatic carbocycles. The summed E-state index contributed by atoms with van der Waals surface area (Å²) in [5.74, 6) is 0. The van der Waals surface area contributed by atoms with E-state index in [1.165, 1.54) is 12.1 Å². The fraction of sp³-hybridized carbons (Fsp3) is 0.455. The Balaban J connectivity index is 2.46. The van der Waals surface area contributed by atoms with Crippen LogP contribution < -0.4 is 11.1 Å². The van der Waals surface area contributed by atoms with Crippen LogP contribution in [-0.2, 0) is 4.74 Å². The molecular weight excluding hydrogens is 222 g/mol. The molecule has 94 valence electrons. The van der Waals surface area contributed by atoms with Gasteiger partial charge in [-0.1, -0.05) is 0 Å². The van der Waals surface area contributed by atoms with Crippen molar-refractivity contribution in [3.05, 3.63) is 28.3 Å². The molecule has 0 amide bonds. The van der Waals surface area contributed by atoms with Crippen molar-refractivity contribution in [3.63, 3.8) is 0 Å². The van der Waals surface area contributed by atoms with Gasteiger partial charge in [0.1, 0.15) is 0 Å². The van der Waals surface area contributed by atoms with Crippen LogP contribution in [0.5, 0.6) is 0 Å². The maximum absolute atomic E-state index is 10.5. The maximum Gasteiger partial charge on any atom is 0.271 e. The van der Waals surface area contributed by atoms with Crippen LogP contribution in [-0.4, -0.2) is 25.2 Å². The molecule has 0 radical (unpaired) electrons. The number of nitro benzene ring substituents is 1. The first kappa shape index (κ1) is 13.2. The number of nitrogen functional groups attached to an aromatic ring is 1. The van der Waals surface area contributed by atoms with E-state index in [4.69, 9.17) is 10.5 Å². The van der Waals surface area contributed by atoms with E-state index in [0.717, 1.165) is 31.7 Å². The fourth-order valence-electron chi connectivity index (χ4n) is 1.42. The molecule has 3 N–H and O–H groups in total. The summed E-state index contributed by atoms with van der Waals surface area (Å²) in [4.78, 5) is 10.1. The Labute approximate surface area is 99.9 Å². The summed E-state index contributed by atoms with van der Waals surface area (Å²) >= 11 is 0. The molecule has 1 aromatic rings. The topological polar surface area (TPSA) is 90.4 Å². The molecule has 0 aromatic heterocycles. The number of nitrogens with zero attached hydrogens (tertiary/aromatic N) is 1. The normalized spacial score (nSPS) is 10.2. The minimum Gasteiger partial charge on any atom is -0.397 e. The third-order valence-electron chi connectivity index (χ3n) is 2.34. The molecule has 0 aliphatic heterocycles. The molecule has 0 fully saturated rings. The highest BCUT2D eigenvalue weighted by atomic mass is 16.6. The summed E-state index contributed by atoms with van der Waals surface area (Å²) in [6.45, 7) is 1.50. The molecule has 17 heavy (non-hydrogen) atoms. The number of unbranched alkanes of at least 4 members (excludes halogenated alkanes) is 1. The molecule has 0 bridgehead atoms. The van der Waals surface area contributed by atoms with Crippen LogP contribution in [0.3, 0.4) is 0 Å². The van der Waals surface area contributed by atoms with E-state index in [1.54, 1.807) is 13.2 Å². The highest BCUT2D eigenvalue weighted by molar-refractivity contribution is 5.69. The van der Waals surface area contributed by atoms with Gasteiger partial charge < -0.3 is 15.8 Å². The van der Waals surface area contributed by atoms with Crippen LogP contribution in [0.25, 0.3) is 0 Å². The minimum atomic E-state index is -0.460. The molecular formula is C11H17N3O3. The van der Waals surface area contributed by atoms with Gasteiger partial charge in [0.15, 0.2) is 0 Å². The molecule has 6 heteroatoms. The van der Waals surface area contributed by atoms with Gasteiger partial charge in [0.2, 0.25) is 0 Å². The average Bonchev–Trinajstić information content (AvgIpc) is 2.30. The van der Waals surface area contributed by atoms with Gasteiger partial charge in [-0.2, -0.15) is 0 Å². The summed E-state index contributed by atoms with van der Waals surface area (Å²) in [5, 5.41) is 13.6. The Morgan fingerprint density at radius 3 is 2.82 bits per heavy atom. The van der Waals surface area contributed by atoms with E-state index < -0.39 is 4.92 Å². The van der Waals surface area contributed by atoms with Crippen molar-refractivity contribution in [1.82, 2.24) is 0 Å². The number of nitrogens with one attached hydrogen (secondary N) is 1. The number of hydrogen-bond acceptors (Lipinski definition) is 5. The Morgan fingerprint density at radius 1 is 1.47 bits per heavy atom. The van der Waals surface area contributed by atoms with Gasteiger partial charge in [-0.15, -0.1) is 0 Å². The second-order valence-electron chi connectivity index (χ2n) is 3.66. The smallest absolute Gasteiger partial charge is 0.271 e. The second kappa shape index (κ2) is 6.70. The number of rotatable bonds is 7. The van der Waals surface area contributed by atoms with E-state index in [2.05, 4.69) is 5.32 Å². The van der Waals surface area contributed by atoms with Gasteiger partial charge in [0.25, 0.3) is 5.69 Å². The second-order valence-corrected chi connectivity index (χ2v) is 3.66. The molecule has 0 saturated heterocycles. The van der Waals surface area contributed by atoms with E-state index in [-0.39, 0.29) is 5.69 Å². The molecule has 0 atom stereocenters. The van der Waals surface area contributed by atoms with Gasteiger partial charge in [-0.25, -0.2) is 0 Å². The first-order valence-electron chi connectivity index (χ1n) is 5.42. The molecule has 0 aliphatic carbocycles. The van der Waals surface area contributed by atoms with E-state index in [1.807, 2.05) is 0 Å². The lowest BCUT2D eigenvalue weighted by molar-refractivity contribution is -0.384. The molecule has 0 saturated carbocycles. The molecule has 0 aliphatic rings. The first-order valence-corrected chi connectivity index (χ1v) is 5.42. The summed E-state index contributed by atoms with van der Waals surface area (Å²) in [6.07, 6.45) is 1.93. The fourth-order valence-corrected chi connectivity index (χ4v) is 1.42. The van der Waals surface area contributed by atoms with Gasteiger partial charge in [0.05, 0.1) is 16.3 Å². The quantitative estimate of drug-likeness (QED) is 0.329. The summed E-state index contributed by atoms with van der Waals surface area (Å²) in [7, 11) is 1.67. The third kappa shape index (κ3) is 4.28. The van der Waals surface area contributed by atoms with Crippen LogP contribution in [0.4, 0.5) is 17.1 Å². The number of nitrogens with two attached hydrogens (primary N) is 1. The number of benzene rings is 1. The SMILES string of the molecule is COCCCCNc1ccc([N+](=O)[O-])cc1N. The zero-order chi connectivity index (χ0) is 12.7. The van der Waals surface area contributed by atoms with Crippen LogP contribution in [0.2, 0.25) is 0 Å². The highest BCUT2D eigenvalue weighted by Gasteiger charge is 2.07. The van der Waals surface area contributed by atoms with Gasteiger partial charge in [-0.05, 0) is 18.9 Å². The van der Waals surface area contributed by atoms with Crippen LogP contribution in [0, 0.1) is 10.1 Å². The standard InChI is InChI=1S/C11H17N3O3/c1-17-7-3-2-6-13-11-5-4-9(14(15)16)8-10(11)12/h4-5,8,13H,2-3,6-7,12H2,1H3. The number of methoxy groups -OCH3 is 1. The van der Waals surface area contributed by atoms with Gasteiger partial charge >= 0.3 is 0 Å². The Morgan fingerprint density at radius 2 is 2.24 bits per heavy atom. The van der Waals surface area contributed by atoms with Gasteiger partial charge in [-0.3, -0.25) is 10.1 Å². The first-order chi connectivity index (χ1) is 8.15. The predicted octanol–water partition coefficient (Wildman–Crippen LogP) is 2.02. The largest absolute Gasteiger partial charge is 0.397 e. The van der Waals surface area contributed by atoms with Crippen molar-refractivity contribution < 1.29 is 9.66 Å². The summed E-state index contributed by atoms with van der Waals surface area (Å²) in [6, 6.07) is 4.43. The highest BCUT2D eigenvalue weighted by Crippen LogP contribution is 2.23. The lowest BCUT2D eigenvalue weighted by Crippen LogP contribution is -2.05. The van der Waals surface area contributed by atoms with Crippen molar-refractivity contribution in [2.45, 2.75) is 12.8 Å². The zero-order valence-electron chi connectivity index (χ0n) is 9.81. The monoisotopic (exact) mass is 239 g/mol. The van der Waals surface area contributed by atoms with E-state index >= 15 is 0 Å². The maximum atomic E-state index is 10.5.